The average molecular weight is 1250 g/mol. The van der Waals surface area contributed by atoms with E-state index in [4.69, 9.17) is 117 Å². The average Bonchev–Trinajstić information content (AvgIpc) is 3.63. The molecule has 0 aliphatic rings. The smallest absolute Gasteiger partial charge is 0.313 e. The molecule has 0 saturated carbocycles. The lowest BCUT2D eigenvalue weighted by atomic mass is 9.80. The van der Waals surface area contributed by atoms with Crippen molar-refractivity contribution < 1.29 is 66.9 Å². The minimum absolute atomic E-state index is 0.0223. The molecule has 6 rings (SSSR count). The van der Waals surface area contributed by atoms with Crippen LogP contribution in [0.25, 0.3) is 0 Å². The SMILES string of the molecule is O=C(CC(=O)C(Cl)(Cl)Cl)OCCOCCOCCOCCOC(c1ccccc1)(c1ccccc1)c1ccccc1.O=C=NC(=O)C(Cl)(Cl)Cl.OCCOCCOCCOCCOC(c1ccccc1)(c1ccccc1)c1ccccc1. The molecule has 440 valence electrons. The number of benzene rings is 6. The molecule has 0 radical (unpaired) electrons. The van der Waals surface area contributed by atoms with Crippen molar-refractivity contribution in [3.8, 4) is 0 Å². The van der Waals surface area contributed by atoms with Crippen molar-refractivity contribution in [3.63, 3.8) is 0 Å². The molecule has 1 N–H and O–H groups in total. The van der Waals surface area contributed by atoms with Crippen LogP contribution in [0.1, 0.15) is 39.8 Å². The fourth-order valence-corrected chi connectivity index (χ4v) is 8.12. The van der Waals surface area contributed by atoms with Gasteiger partial charge in [0.05, 0.1) is 99.1 Å². The van der Waals surface area contributed by atoms with Gasteiger partial charge in [0.25, 0.3) is 3.79 Å². The molecule has 0 aliphatic heterocycles. The van der Waals surface area contributed by atoms with E-state index in [0.717, 1.165) is 39.5 Å². The number of aliphatic hydroxyl groups excluding tert-OH is 1. The van der Waals surface area contributed by atoms with Gasteiger partial charge < -0.3 is 47.7 Å². The van der Waals surface area contributed by atoms with E-state index in [1.165, 1.54) is 0 Å². The highest BCUT2D eigenvalue weighted by atomic mass is 35.6. The van der Waals surface area contributed by atoms with E-state index in [0.29, 0.717) is 85.9 Å². The van der Waals surface area contributed by atoms with Gasteiger partial charge in [0.15, 0.2) is 5.78 Å². The van der Waals surface area contributed by atoms with Gasteiger partial charge in [-0.25, -0.2) is 4.79 Å². The molecule has 0 fully saturated rings. The summed E-state index contributed by atoms with van der Waals surface area (Å²) in [5.41, 5.74) is 4.81. The van der Waals surface area contributed by atoms with Crippen LogP contribution in [0.5, 0.6) is 0 Å². The summed E-state index contributed by atoms with van der Waals surface area (Å²) >= 11 is 31.2. The molecule has 0 saturated heterocycles. The number of nitrogens with zero attached hydrogens (tertiary/aromatic N) is 1. The Morgan fingerprint density at radius 3 is 0.866 bits per heavy atom. The number of alkyl halides is 6. The maximum absolute atomic E-state index is 11.5. The number of amides is 1. The van der Waals surface area contributed by atoms with Crippen molar-refractivity contribution in [1.82, 2.24) is 0 Å². The summed E-state index contributed by atoms with van der Waals surface area (Å²) in [6.07, 6.45) is 0.331. The Hall–Kier alpha value is -5.11. The zero-order valence-electron chi connectivity index (χ0n) is 44.8. The maximum Gasteiger partial charge on any atom is 0.313 e. The number of hydrogen-bond donors (Lipinski definition) is 1. The van der Waals surface area contributed by atoms with Gasteiger partial charge in [0, 0.05) is 0 Å². The number of esters is 1. The van der Waals surface area contributed by atoms with Crippen LogP contribution in [0.4, 0.5) is 0 Å². The summed E-state index contributed by atoms with van der Waals surface area (Å²) < 4.78 is 46.9. The van der Waals surface area contributed by atoms with Gasteiger partial charge in [-0.3, -0.25) is 14.4 Å². The molecule has 82 heavy (non-hydrogen) atoms. The largest absolute Gasteiger partial charge is 0.463 e. The predicted molar refractivity (Wildman–Crippen MR) is 317 cm³/mol. The lowest BCUT2D eigenvalue weighted by molar-refractivity contribution is -0.147. The Kier molecular flexibility index (Phi) is 33.4. The highest BCUT2D eigenvalue weighted by molar-refractivity contribution is 6.77. The Labute approximate surface area is 508 Å². The Morgan fingerprint density at radius 2 is 0.634 bits per heavy atom. The zero-order chi connectivity index (χ0) is 59.2. The monoisotopic (exact) mass is 1250 g/mol. The number of hydrogen-bond acceptors (Lipinski definition) is 14. The molecule has 0 heterocycles. The molecular weight excluding hydrogens is 1180 g/mol. The maximum atomic E-state index is 11.5. The molecular formula is C61H65Cl6NO14. The second-order valence-corrected chi connectivity index (χ2v) is 21.5. The number of rotatable bonds is 33. The van der Waals surface area contributed by atoms with E-state index in [2.05, 4.69) is 77.8 Å². The molecule has 0 spiro atoms. The third-order valence-corrected chi connectivity index (χ3v) is 12.5. The molecule has 6 aromatic carbocycles. The van der Waals surface area contributed by atoms with Crippen molar-refractivity contribution in [2.24, 2.45) is 4.99 Å². The van der Waals surface area contributed by atoms with E-state index in [-0.39, 0.29) is 19.8 Å². The molecule has 0 bridgehead atoms. The summed E-state index contributed by atoms with van der Waals surface area (Å²) in [6, 6.07) is 61.4. The number of halogens is 6. The standard InChI is InChI=1S/C31H33Cl3O7.C27H32O5.C3Cl3NO2/c32-31(33,34)28(35)24-29(36)40-22-20-38-18-16-37-17-19-39-21-23-41-30(25-10-4-1-5-11-25,26-12-6-2-7-13-26)27-14-8-3-9-15-27;28-16-17-29-18-19-30-20-21-31-22-23-32-27(24-10-4-1-5-11-24,25-12-6-2-7-13-25)26-14-8-3-9-15-26;4-3(5,6)2(9)7-1-8/h1-15H,16-24H2;1-15,28H,16-23H2;. The van der Waals surface area contributed by atoms with Gasteiger partial charge >= 0.3 is 11.9 Å². The normalized spacial score (nSPS) is 11.5. The summed E-state index contributed by atoms with van der Waals surface area (Å²) in [6.45, 7) is 5.50. The first-order valence-corrected chi connectivity index (χ1v) is 28.1. The third kappa shape index (κ3) is 24.6. The summed E-state index contributed by atoms with van der Waals surface area (Å²) in [5.74, 6) is -2.77. The number of carbonyl (C=O) groups is 3. The van der Waals surface area contributed by atoms with E-state index >= 15 is 0 Å². The first kappa shape index (κ1) is 69.4. The van der Waals surface area contributed by atoms with Crippen LogP contribution >= 0.6 is 69.6 Å². The number of isocyanates is 1. The van der Waals surface area contributed by atoms with E-state index < -0.39 is 42.9 Å². The van der Waals surface area contributed by atoms with Crippen LogP contribution in [0.2, 0.25) is 0 Å². The quantitative estimate of drug-likeness (QED) is 0.00781. The number of carbonyl (C=O) groups excluding carboxylic acids is 4. The Bertz CT molecular complexity index is 2530. The lowest BCUT2D eigenvalue weighted by Gasteiger charge is -2.36. The molecule has 0 aromatic heterocycles. The second-order valence-electron chi connectivity index (χ2n) is 17.0. The van der Waals surface area contributed by atoms with Gasteiger partial charge in [-0.15, -0.1) is 4.99 Å². The van der Waals surface area contributed by atoms with Crippen molar-refractivity contribution in [2.75, 3.05) is 106 Å². The minimum Gasteiger partial charge on any atom is -0.463 e. The van der Waals surface area contributed by atoms with Crippen molar-refractivity contribution in [3.05, 3.63) is 215 Å². The fraction of sp³-hybridized carbons (Fsp3) is 0.344. The van der Waals surface area contributed by atoms with Gasteiger partial charge in [-0.1, -0.05) is 252 Å². The van der Waals surface area contributed by atoms with Gasteiger partial charge in [0.2, 0.25) is 9.87 Å². The van der Waals surface area contributed by atoms with Crippen LogP contribution in [0.15, 0.2) is 187 Å². The molecule has 1 amide bonds. The second kappa shape index (κ2) is 39.4. The Balaban J connectivity index is 0.000000313. The number of Topliss-reactive ketones (excluding diaryl/α,β-unsaturated/α-hetero) is 1. The highest BCUT2D eigenvalue weighted by Gasteiger charge is 2.39. The van der Waals surface area contributed by atoms with E-state index in [1.54, 1.807) is 0 Å². The lowest BCUT2D eigenvalue weighted by Crippen LogP contribution is -2.34. The van der Waals surface area contributed by atoms with Crippen LogP contribution in [0, 0.1) is 0 Å². The summed E-state index contributed by atoms with van der Waals surface area (Å²) in [7, 11) is 0. The molecule has 6 aromatic rings. The van der Waals surface area contributed by atoms with Gasteiger partial charge in [-0.05, 0) is 33.4 Å². The van der Waals surface area contributed by atoms with Gasteiger partial charge in [0.1, 0.15) is 24.2 Å². The van der Waals surface area contributed by atoms with Crippen LogP contribution < -0.4 is 0 Å². The number of aliphatic imine (C=N–C) groups is 1. The van der Waals surface area contributed by atoms with Crippen molar-refractivity contribution in [2.45, 2.75) is 25.2 Å². The fourth-order valence-electron chi connectivity index (χ4n) is 7.79. The first-order valence-electron chi connectivity index (χ1n) is 25.8. The first-order chi connectivity index (χ1) is 39.7. The van der Waals surface area contributed by atoms with Crippen molar-refractivity contribution in [1.29, 1.82) is 0 Å². The van der Waals surface area contributed by atoms with Gasteiger partial charge in [-0.2, -0.15) is 0 Å². The molecule has 21 heteroatoms. The molecule has 15 nitrogen and oxygen atoms in total. The predicted octanol–water partition coefficient (Wildman–Crippen LogP) is 11.2. The molecule has 0 aliphatic carbocycles. The van der Waals surface area contributed by atoms with Crippen LogP contribution in [-0.2, 0) is 73.0 Å². The minimum atomic E-state index is -2.14. The number of ether oxygens (including phenoxy) is 9. The molecule has 0 unspecified atom stereocenters. The van der Waals surface area contributed by atoms with Crippen molar-refractivity contribution >= 4 is 93.3 Å². The third-order valence-electron chi connectivity index (χ3n) is 11.4. The topological polar surface area (TPSA) is 184 Å². The zero-order valence-corrected chi connectivity index (χ0v) is 49.3. The number of aliphatic hydroxyl groups is 1. The van der Waals surface area contributed by atoms with Crippen LogP contribution in [0.3, 0.4) is 0 Å². The molecule has 0 atom stereocenters. The highest BCUT2D eigenvalue weighted by Crippen LogP contribution is 2.42. The summed E-state index contributed by atoms with van der Waals surface area (Å²) in [5, 5.41) is 8.67. The van der Waals surface area contributed by atoms with E-state index in [9.17, 15) is 19.2 Å². The number of ketones is 1. The van der Waals surface area contributed by atoms with E-state index in [1.807, 2.05) is 109 Å². The summed E-state index contributed by atoms with van der Waals surface area (Å²) in [4.78, 5) is 45.2. The van der Waals surface area contributed by atoms with Crippen LogP contribution in [-0.4, -0.2) is 142 Å². The Morgan fingerprint density at radius 1 is 0.378 bits per heavy atom.